The van der Waals surface area contributed by atoms with Gasteiger partial charge in [-0.05, 0) is 25.8 Å². The van der Waals surface area contributed by atoms with Crippen molar-refractivity contribution in [1.82, 2.24) is 25.3 Å². The predicted molar refractivity (Wildman–Crippen MR) is 118 cm³/mol. The van der Waals surface area contributed by atoms with Crippen LogP contribution in [0, 0.1) is 5.92 Å². The van der Waals surface area contributed by atoms with E-state index in [9.17, 15) is 9.59 Å². The summed E-state index contributed by atoms with van der Waals surface area (Å²) >= 11 is 1.46. The third-order valence-corrected chi connectivity index (χ3v) is 7.42. The van der Waals surface area contributed by atoms with Gasteiger partial charge in [0.15, 0.2) is 0 Å². The van der Waals surface area contributed by atoms with Crippen LogP contribution in [0.1, 0.15) is 32.6 Å². The number of hydrogen-bond donors (Lipinski definition) is 1. The van der Waals surface area contributed by atoms with Crippen LogP contribution in [0.3, 0.4) is 0 Å². The first-order valence-electron chi connectivity index (χ1n) is 11.2. The third kappa shape index (κ3) is 5.09. The van der Waals surface area contributed by atoms with Crippen molar-refractivity contribution in [2.24, 2.45) is 5.92 Å². The summed E-state index contributed by atoms with van der Waals surface area (Å²) in [6, 6.07) is 0. The summed E-state index contributed by atoms with van der Waals surface area (Å²) in [6.07, 6.45) is 3.35. The Balaban J connectivity index is 1.23. The number of rotatable bonds is 7. The van der Waals surface area contributed by atoms with E-state index in [0.717, 1.165) is 76.8 Å². The average molecular weight is 436 g/mol. The zero-order valence-corrected chi connectivity index (χ0v) is 18.7. The molecule has 2 amide bonds. The Morgan fingerprint density at radius 1 is 1.07 bits per heavy atom. The lowest BCUT2D eigenvalue weighted by Crippen LogP contribution is -2.49. The summed E-state index contributed by atoms with van der Waals surface area (Å²) in [6.45, 7) is 11.6. The van der Waals surface area contributed by atoms with E-state index in [-0.39, 0.29) is 17.7 Å². The molecule has 0 spiro atoms. The highest BCUT2D eigenvalue weighted by molar-refractivity contribution is 7.19. The van der Waals surface area contributed by atoms with Crippen molar-refractivity contribution in [2.75, 3.05) is 75.2 Å². The molecule has 4 rings (SSSR count). The molecule has 0 bridgehead atoms. The largest absolute Gasteiger partial charge is 0.355 e. The molecule has 3 aliphatic heterocycles. The van der Waals surface area contributed by atoms with Gasteiger partial charge in [0.2, 0.25) is 22.1 Å². The zero-order valence-electron chi connectivity index (χ0n) is 17.9. The maximum Gasteiger partial charge on any atom is 0.228 e. The maximum absolute atomic E-state index is 12.7. The number of piperidine rings is 1. The molecule has 1 aromatic heterocycles. The monoisotopic (exact) mass is 435 g/mol. The second-order valence-electron chi connectivity index (χ2n) is 8.37. The molecular formula is C20H33N7O2S. The van der Waals surface area contributed by atoms with E-state index in [1.807, 2.05) is 0 Å². The molecule has 0 aromatic carbocycles. The number of nitrogens with one attached hydrogen (secondary N) is 1. The van der Waals surface area contributed by atoms with Gasteiger partial charge in [0.25, 0.3) is 0 Å². The molecule has 0 radical (unpaired) electrons. The van der Waals surface area contributed by atoms with Gasteiger partial charge in [0.1, 0.15) is 0 Å². The van der Waals surface area contributed by atoms with Crippen molar-refractivity contribution in [3.8, 4) is 0 Å². The molecule has 1 N–H and O–H groups in total. The van der Waals surface area contributed by atoms with Crippen LogP contribution in [0.2, 0.25) is 0 Å². The quantitative estimate of drug-likeness (QED) is 0.673. The highest BCUT2D eigenvalue weighted by Crippen LogP contribution is 2.32. The molecule has 1 aromatic rings. The van der Waals surface area contributed by atoms with Crippen LogP contribution in [0.5, 0.6) is 0 Å². The second-order valence-corrected chi connectivity index (χ2v) is 9.30. The molecule has 9 nitrogen and oxygen atoms in total. The number of anilines is 2. The number of hydrogen-bond acceptors (Lipinski definition) is 8. The molecule has 4 heterocycles. The van der Waals surface area contributed by atoms with E-state index < -0.39 is 0 Å². The fourth-order valence-electron chi connectivity index (χ4n) is 4.47. The minimum atomic E-state index is -0.0172. The topological polar surface area (TPSA) is 84.9 Å². The molecule has 3 saturated heterocycles. The molecule has 0 saturated carbocycles. The SMILES string of the molecule is CCN1CCN(CCNC(=O)[C@@H]2CCCN(c3nnc(N4CCCC4=O)s3)C2)CC1. The van der Waals surface area contributed by atoms with Crippen LogP contribution < -0.4 is 15.1 Å². The first-order chi connectivity index (χ1) is 14.6. The fraction of sp³-hybridized carbons (Fsp3) is 0.800. The van der Waals surface area contributed by atoms with Crippen LogP contribution in [0.4, 0.5) is 10.3 Å². The van der Waals surface area contributed by atoms with E-state index in [1.54, 1.807) is 4.90 Å². The van der Waals surface area contributed by atoms with E-state index >= 15 is 0 Å². The van der Waals surface area contributed by atoms with Gasteiger partial charge in [-0.15, -0.1) is 10.2 Å². The first kappa shape index (κ1) is 21.5. The predicted octanol–water partition coefficient (Wildman–Crippen LogP) is 0.635. The molecule has 10 heteroatoms. The van der Waals surface area contributed by atoms with Gasteiger partial charge in [-0.2, -0.15) is 0 Å². The number of nitrogens with zero attached hydrogens (tertiary/aromatic N) is 6. The minimum absolute atomic E-state index is 0.0172. The Hall–Kier alpha value is -1.78. The molecule has 30 heavy (non-hydrogen) atoms. The van der Waals surface area contributed by atoms with Crippen LogP contribution in [-0.4, -0.2) is 97.3 Å². The van der Waals surface area contributed by atoms with Gasteiger partial charge < -0.3 is 15.1 Å². The molecule has 166 valence electrons. The average Bonchev–Trinajstić information content (AvgIpc) is 3.43. The Labute approximate surface area is 182 Å². The minimum Gasteiger partial charge on any atom is -0.355 e. The van der Waals surface area contributed by atoms with Gasteiger partial charge in [-0.1, -0.05) is 18.3 Å². The van der Waals surface area contributed by atoms with Gasteiger partial charge in [-0.25, -0.2) is 0 Å². The Bertz CT molecular complexity index is 734. The smallest absolute Gasteiger partial charge is 0.228 e. The van der Waals surface area contributed by atoms with Crippen molar-refractivity contribution in [1.29, 1.82) is 0 Å². The number of amides is 2. The zero-order chi connectivity index (χ0) is 20.9. The summed E-state index contributed by atoms with van der Waals surface area (Å²) in [5, 5.41) is 13.2. The molecule has 1 atom stereocenters. The molecule has 0 unspecified atom stereocenters. The van der Waals surface area contributed by atoms with E-state index in [2.05, 4.69) is 37.1 Å². The standard InChI is InChI=1S/C20H33N7O2S/c1-2-24-11-13-25(14-12-24)10-7-21-18(29)16-5-3-8-26(15-16)19-22-23-20(30-19)27-9-4-6-17(27)28/h16H,2-15H2,1H3,(H,21,29)/t16-/m1/s1. The number of carbonyl (C=O) groups is 2. The van der Waals surface area contributed by atoms with Gasteiger partial charge in [-0.3, -0.25) is 19.4 Å². The summed E-state index contributed by atoms with van der Waals surface area (Å²) < 4.78 is 0. The molecular weight excluding hydrogens is 402 g/mol. The van der Waals surface area contributed by atoms with Crippen LogP contribution >= 0.6 is 11.3 Å². The van der Waals surface area contributed by atoms with Crippen LogP contribution in [-0.2, 0) is 9.59 Å². The summed E-state index contributed by atoms with van der Waals surface area (Å²) in [5.41, 5.74) is 0. The number of carbonyl (C=O) groups excluding carboxylic acids is 2. The highest BCUT2D eigenvalue weighted by Gasteiger charge is 2.30. The van der Waals surface area contributed by atoms with Crippen molar-refractivity contribution >= 4 is 33.4 Å². The Morgan fingerprint density at radius 2 is 1.83 bits per heavy atom. The van der Waals surface area contributed by atoms with Crippen molar-refractivity contribution in [3.05, 3.63) is 0 Å². The van der Waals surface area contributed by atoms with E-state index in [1.165, 1.54) is 11.3 Å². The van der Waals surface area contributed by atoms with Gasteiger partial charge in [0, 0.05) is 65.3 Å². The lowest BCUT2D eigenvalue weighted by atomic mass is 9.97. The lowest BCUT2D eigenvalue weighted by Gasteiger charge is -2.34. The lowest BCUT2D eigenvalue weighted by molar-refractivity contribution is -0.125. The van der Waals surface area contributed by atoms with Crippen molar-refractivity contribution in [3.63, 3.8) is 0 Å². The van der Waals surface area contributed by atoms with E-state index in [0.29, 0.717) is 24.6 Å². The normalized spacial score (nSPS) is 23.9. The van der Waals surface area contributed by atoms with Crippen LogP contribution in [0.15, 0.2) is 0 Å². The summed E-state index contributed by atoms with van der Waals surface area (Å²) in [7, 11) is 0. The number of likely N-dealkylation sites (N-methyl/N-ethyl adjacent to an activating group) is 1. The number of aromatic nitrogens is 2. The van der Waals surface area contributed by atoms with Gasteiger partial charge in [0.05, 0.1) is 5.92 Å². The molecule has 3 aliphatic rings. The van der Waals surface area contributed by atoms with E-state index in [4.69, 9.17) is 0 Å². The Kier molecular flexibility index (Phi) is 7.16. The number of piperazine rings is 1. The molecule has 0 aliphatic carbocycles. The highest BCUT2D eigenvalue weighted by atomic mass is 32.1. The fourth-order valence-corrected chi connectivity index (χ4v) is 5.40. The summed E-state index contributed by atoms with van der Waals surface area (Å²) in [4.78, 5) is 33.4. The summed E-state index contributed by atoms with van der Waals surface area (Å²) in [5.74, 6) is 0.257. The third-order valence-electron chi connectivity index (χ3n) is 6.41. The van der Waals surface area contributed by atoms with Crippen molar-refractivity contribution < 1.29 is 9.59 Å². The van der Waals surface area contributed by atoms with Gasteiger partial charge >= 0.3 is 0 Å². The second kappa shape index (κ2) is 10.0. The maximum atomic E-state index is 12.7. The molecule has 3 fully saturated rings. The van der Waals surface area contributed by atoms with Crippen molar-refractivity contribution in [2.45, 2.75) is 32.6 Å². The Morgan fingerprint density at radius 3 is 2.57 bits per heavy atom. The first-order valence-corrected chi connectivity index (χ1v) is 12.1. The van der Waals surface area contributed by atoms with Crippen LogP contribution in [0.25, 0.3) is 0 Å².